The number of benzene rings is 2. The number of carboxylic acids is 1. The number of fused-ring (bicyclic) bond motifs is 2. The number of carbonyl (C=O) groups excluding carboxylic acids is 1. The second kappa shape index (κ2) is 6.62. The van der Waals surface area contributed by atoms with E-state index in [0.29, 0.717) is 26.7 Å². The fourth-order valence-electron chi connectivity index (χ4n) is 3.05. The second-order valence-electron chi connectivity index (χ2n) is 6.30. The van der Waals surface area contributed by atoms with E-state index in [9.17, 15) is 14.0 Å². The lowest BCUT2D eigenvalue weighted by atomic mass is 10.1. The number of rotatable bonds is 4. The highest BCUT2D eigenvalue weighted by Crippen LogP contribution is 2.37. The highest BCUT2D eigenvalue weighted by Gasteiger charge is 2.36. The van der Waals surface area contributed by atoms with Crippen molar-refractivity contribution in [2.45, 2.75) is 26.0 Å². The smallest absolute Gasteiger partial charge is 0.307 e. The maximum Gasteiger partial charge on any atom is 0.307 e. The third-order valence-electron chi connectivity index (χ3n) is 4.28. The largest absolute Gasteiger partial charge is 0.481 e. The van der Waals surface area contributed by atoms with Crippen LogP contribution in [0.3, 0.4) is 0 Å². The summed E-state index contributed by atoms with van der Waals surface area (Å²) >= 11 is 1.18. The summed E-state index contributed by atoms with van der Waals surface area (Å²) in [7, 11) is 0. The molecule has 0 saturated carbocycles. The first-order valence-electron chi connectivity index (χ1n) is 8.27. The average Bonchev–Trinajstić information content (AvgIpc) is 3.02. The van der Waals surface area contributed by atoms with Crippen LogP contribution in [0, 0.1) is 12.7 Å². The molecule has 0 bridgehead atoms. The van der Waals surface area contributed by atoms with Gasteiger partial charge in [0.05, 0.1) is 28.9 Å². The minimum Gasteiger partial charge on any atom is -0.481 e. The van der Waals surface area contributed by atoms with E-state index in [1.165, 1.54) is 22.3 Å². The van der Waals surface area contributed by atoms with Gasteiger partial charge in [-0.3, -0.25) is 14.5 Å². The minimum atomic E-state index is -1.12. The first-order chi connectivity index (χ1) is 12.9. The van der Waals surface area contributed by atoms with Crippen molar-refractivity contribution in [1.82, 2.24) is 4.98 Å². The number of thiazole rings is 1. The number of aromatic nitrogens is 1. The predicted molar refractivity (Wildman–Crippen MR) is 98.6 cm³/mol. The molecule has 1 aromatic heterocycles. The predicted octanol–water partition coefficient (Wildman–Crippen LogP) is 3.51. The first-order valence-corrected chi connectivity index (χ1v) is 9.08. The fourth-order valence-corrected chi connectivity index (χ4v) is 4.01. The lowest BCUT2D eigenvalue weighted by Crippen LogP contribution is -2.46. The molecule has 2 heterocycles. The number of carbonyl (C=O) groups is 2. The van der Waals surface area contributed by atoms with E-state index < -0.39 is 24.4 Å². The molecule has 0 spiro atoms. The number of hydrogen-bond acceptors (Lipinski definition) is 5. The monoisotopic (exact) mass is 386 g/mol. The lowest BCUT2D eigenvalue weighted by molar-refractivity contribution is -0.142. The van der Waals surface area contributed by atoms with Gasteiger partial charge < -0.3 is 9.84 Å². The van der Waals surface area contributed by atoms with Crippen LogP contribution in [0.1, 0.15) is 17.0 Å². The third-order valence-corrected chi connectivity index (χ3v) is 5.35. The summed E-state index contributed by atoms with van der Waals surface area (Å²) in [5, 5.41) is 9.65. The molecular weight excluding hydrogens is 371 g/mol. The van der Waals surface area contributed by atoms with Crippen LogP contribution in [0.15, 0.2) is 36.4 Å². The van der Waals surface area contributed by atoms with E-state index >= 15 is 0 Å². The number of aliphatic carboxylic acids is 1. The number of amides is 1. The topological polar surface area (TPSA) is 79.7 Å². The summed E-state index contributed by atoms with van der Waals surface area (Å²) in [5.74, 6) is -1.47. The Balaban J connectivity index is 1.73. The number of aryl methyl sites for hydroxylation is 1. The molecule has 27 heavy (non-hydrogen) atoms. The molecule has 1 aliphatic rings. The van der Waals surface area contributed by atoms with Crippen LogP contribution in [0.2, 0.25) is 0 Å². The van der Waals surface area contributed by atoms with Gasteiger partial charge in [0.15, 0.2) is 6.10 Å². The van der Waals surface area contributed by atoms with Crippen molar-refractivity contribution in [2.75, 3.05) is 4.90 Å². The van der Waals surface area contributed by atoms with Crippen LogP contribution in [-0.4, -0.2) is 28.1 Å². The van der Waals surface area contributed by atoms with Gasteiger partial charge in [-0.2, -0.15) is 0 Å². The van der Waals surface area contributed by atoms with Crippen molar-refractivity contribution >= 4 is 39.1 Å². The van der Waals surface area contributed by atoms with Crippen molar-refractivity contribution in [3.63, 3.8) is 0 Å². The van der Waals surface area contributed by atoms with Crippen LogP contribution in [-0.2, 0) is 16.1 Å². The standard InChI is InChI=1S/C19H15FN2O4S/c1-10-5-6-13-14(7-10)26-15(8-17(23)24)19(25)22(13)9-16-21-12-4-2-3-11(20)18(12)27-16/h2-7,15H,8-9H2,1H3,(H,23,24). The Labute approximate surface area is 157 Å². The van der Waals surface area contributed by atoms with Gasteiger partial charge in [0.2, 0.25) is 0 Å². The molecule has 1 aliphatic heterocycles. The van der Waals surface area contributed by atoms with E-state index in [2.05, 4.69) is 4.98 Å². The summed E-state index contributed by atoms with van der Waals surface area (Å²) in [6, 6.07) is 10.0. The van der Waals surface area contributed by atoms with E-state index in [1.807, 2.05) is 13.0 Å². The Morgan fingerprint density at radius 1 is 1.37 bits per heavy atom. The fraction of sp³-hybridized carbons (Fsp3) is 0.211. The van der Waals surface area contributed by atoms with Crippen molar-refractivity contribution in [3.05, 3.63) is 52.8 Å². The normalized spacial score (nSPS) is 16.3. The Bertz CT molecular complexity index is 1070. The molecule has 4 rings (SSSR count). The van der Waals surface area contributed by atoms with Gasteiger partial charge >= 0.3 is 5.97 Å². The van der Waals surface area contributed by atoms with E-state index in [-0.39, 0.29) is 12.4 Å². The zero-order valence-corrected chi connectivity index (χ0v) is 15.1. The highest BCUT2D eigenvalue weighted by molar-refractivity contribution is 7.18. The molecular formula is C19H15FN2O4S. The molecule has 2 aromatic carbocycles. The minimum absolute atomic E-state index is 0.118. The van der Waals surface area contributed by atoms with Gasteiger partial charge in [0, 0.05) is 0 Å². The van der Waals surface area contributed by atoms with Crippen molar-refractivity contribution in [2.24, 2.45) is 0 Å². The van der Waals surface area contributed by atoms with Crippen LogP contribution in [0.25, 0.3) is 10.2 Å². The van der Waals surface area contributed by atoms with Crippen LogP contribution in [0.5, 0.6) is 5.75 Å². The summed E-state index contributed by atoms with van der Waals surface area (Å²) in [5.41, 5.74) is 2.01. The zero-order valence-electron chi connectivity index (χ0n) is 14.3. The number of anilines is 1. The number of carboxylic acid groups (broad SMARTS) is 1. The van der Waals surface area contributed by atoms with Crippen molar-refractivity contribution in [1.29, 1.82) is 0 Å². The summed E-state index contributed by atoms with van der Waals surface area (Å²) in [6.07, 6.45) is -1.54. The molecule has 0 fully saturated rings. The molecule has 0 saturated heterocycles. The molecule has 1 atom stereocenters. The van der Waals surface area contributed by atoms with E-state index in [4.69, 9.17) is 9.84 Å². The first kappa shape index (κ1) is 17.4. The summed E-state index contributed by atoms with van der Waals surface area (Å²) < 4.78 is 20.0. The third kappa shape index (κ3) is 3.23. The number of nitrogens with zero attached hydrogens (tertiary/aromatic N) is 2. The van der Waals surface area contributed by atoms with E-state index in [0.717, 1.165) is 5.56 Å². The lowest BCUT2D eigenvalue weighted by Gasteiger charge is -2.33. The van der Waals surface area contributed by atoms with Gasteiger partial charge in [0.25, 0.3) is 5.91 Å². The number of ether oxygens (including phenoxy) is 1. The Morgan fingerprint density at radius 2 is 2.19 bits per heavy atom. The van der Waals surface area contributed by atoms with Gasteiger partial charge in [0.1, 0.15) is 16.6 Å². The molecule has 138 valence electrons. The molecule has 3 aromatic rings. The van der Waals surface area contributed by atoms with Gasteiger partial charge in [-0.15, -0.1) is 11.3 Å². The van der Waals surface area contributed by atoms with Crippen LogP contribution >= 0.6 is 11.3 Å². The highest BCUT2D eigenvalue weighted by atomic mass is 32.1. The summed E-state index contributed by atoms with van der Waals surface area (Å²) in [6.45, 7) is 2.00. The molecule has 0 radical (unpaired) electrons. The Kier molecular flexibility index (Phi) is 4.27. The summed E-state index contributed by atoms with van der Waals surface area (Å²) in [4.78, 5) is 29.8. The Morgan fingerprint density at radius 3 is 2.93 bits per heavy atom. The van der Waals surface area contributed by atoms with Crippen LogP contribution in [0.4, 0.5) is 10.1 Å². The zero-order chi connectivity index (χ0) is 19.1. The molecule has 1 unspecified atom stereocenters. The maximum absolute atomic E-state index is 13.9. The molecule has 6 nitrogen and oxygen atoms in total. The molecule has 8 heteroatoms. The van der Waals surface area contributed by atoms with Gasteiger partial charge in [-0.25, -0.2) is 9.37 Å². The second-order valence-corrected chi connectivity index (χ2v) is 7.38. The van der Waals surface area contributed by atoms with Gasteiger partial charge in [-0.05, 0) is 36.8 Å². The quantitative estimate of drug-likeness (QED) is 0.742. The Hall–Kier alpha value is -3.00. The molecule has 0 aliphatic carbocycles. The van der Waals surface area contributed by atoms with Gasteiger partial charge in [-0.1, -0.05) is 12.1 Å². The average molecular weight is 386 g/mol. The van der Waals surface area contributed by atoms with E-state index in [1.54, 1.807) is 24.3 Å². The molecule has 1 amide bonds. The maximum atomic E-state index is 13.9. The number of halogens is 1. The van der Waals surface area contributed by atoms with Crippen molar-refractivity contribution < 1.29 is 23.8 Å². The SMILES string of the molecule is Cc1ccc2c(c1)OC(CC(=O)O)C(=O)N2Cc1nc2cccc(F)c2s1. The van der Waals surface area contributed by atoms with Crippen LogP contribution < -0.4 is 9.64 Å². The van der Waals surface area contributed by atoms with Crippen molar-refractivity contribution in [3.8, 4) is 5.75 Å². The number of hydrogen-bond donors (Lipinski definition) is 1. The molecule has 1 N–H and O–H groups in total.